The Labute approximate surface area is 215 Å². The number of hydrogen-bond donors (Lipinski definition) is 0. The van der Waals surface area contributed by atoms with Crippen molar-refractivity contribution in [2.45, 2.75) is 31.3 Å². The Bertz CT molecular complexity index is 1260. The lowest BCUT2D eigenvalue weighted by Crippen LogP contribution is -2.43. The first-order chi connectivity index (χ1) is 17.2. The summed E-state index contributed by atoms with van der Waals surface area (Å²) in [5.41, 5.74) is 1.79. The molecule has 192 valence electrons. The third-order valence-corrected chi connectivity index (χ3v) is 8.49. The Kier molecular flexibility index (Phi) is 9.71. The van der Waals surface area contributed by atoms with Crippen molar-refractivity contribution in [2.75, 3.05) is 26.8 Å². The first kappa shape index (κ1) is 27.5. The average Bonchev–Trinajstić information content (AvgIpc) is 3.27. The molecule has 0 fully saturated rings. The quantitative estimate of drug-likeness (QED) is 0.186. The van der Waals surface area contributed by atoms with Gasteiger partial charge in [0.1, 0.15) is 0 Å². The Hall–Kier alpha value is -3.12. The zero-order valence-electron chi connectivity index (χ0n) is 20.2. The first-order valence-electron chi connectivity index (χ1n) is 11.3. The Morgan fingerprint density at radius 2 is 1.75 bits per heavy atom. The van der Waals surface area contributed by atoms with Crippen LogP contribution in [0.4, 0.5) is 5.69 Å². The number of benzene rings is 2. The number of hydrogen-bond acceptors (Lipinski definition) is 7. The number of nitrogens with zero attached hydrogens (tertiary/aromatic N) is 3. The van der Waals surface area contributed by atoms with Gasteiger partial charge in [-0.1, -0.05) is 30.3 Å². The van der Waals surface area contributed by atoms with E-state index in [4.69, 9.17) is 4.74 Å². The third kappa shape index (κ3) is 7.20. The maximum atomic E-state index is 13.6. The lowest BCUT2D eigenvalue weighted by Gasteiger charge is -2.27. The third-order valence-electron chi connectivity index (χ3n) is 5.62. The van der Waals surface area contributed by atoms with Crippen LogP contribution in [0.1, 0.15) is 22.4 Å². The second kappa shape index (κ2) is 12.7. The largest absolute Gasteiger partial charge is 0.385 e. The molecule has 0 N–H and O–H groups in total. The van der Waals surface area contributed by atoms with Crippen molar-refractivity contribution < 1.29 is 22.9 Å². The molecule has 0 saturated heterocycles. The topological polar surface area (TPSA) is 110 Å². The number of thiophene rings is 1. The molecule has 11 heteroatoms. The highest BCUT2D eigenvalue weighted by atomic mass is 32.2. The molecule has 1 heterocycles. The summed E-state index contributed by atoms with van der Waals surface area (Å²) in [6.07, 6.45) is 0.388. The summed E-state index contributed by atoms with van der Waals surface area (Å²) in [7, 11) is -2.57. The Morgan fingerprint density at radius 1 is 1.06 bits per heavy atom. The second-order valence-corrected chi connectivity index (χ2v) is 11.1. The van der Waals surface area contributed by atoms with Crippen LogP contribution in [0.15, 0.2) is 70.9 Å². The number of amides is 1. The van der Waals surface area contributed by atoms with E-state index in [1.807, 2.05) is 48.7 Å². The number of sulfonamides is 1. The van der Waals surface area contributed by atoms with Crippen LogP contribution in [0.3, 0.4) is 0 Å². The Morgan fingerprint density at radius 3 is 2.33 bits per heavy atom. The summed E-state index contributed by atoms with van der Waals surface area (Å²) < 4.78 is 33.1. The van der Waals surface area contributed by atoms with Gasteiger partial charge in [0.2, 0.25) is 15.9 Å². The molecule has 9 nitrogen and oxygen atoms in total. The van der Waals surface area contributed by atoms with Gasteiger partial charge in [-0.25, -0.2) is 8.42 Å². The van der Waals surface area contributed by atoms with Crippen LogP contribution in [0.5, 0.6) is 0 Å². The molecule has 0 unspecified atom stereocenters. The van der Waals surface area contributed by atoms with Crippen molar-refractivity contribution in [3.05, 3.63) is 92.2 Å². The molecule has 0 spiro atoms. The van der Waals surface area contributed by atoms with Gasteiger partial charge in [0.05, 0.1) is 22.9 Å². The van der Waals surface area contributed by atoms with Gasteiger partial charge in [-0.15, -0.1) is 11.3 Å². The fourth-order valence-corrected chi connectivity index (χ4v) is 5.93. The molecule has 0 aliphatic carbocycles. The molecule has 0 radical (unpaired) electrons. The van der Waals surface area contributed by atoms with Gasteiger partial charge in [-0.05, 0) is 48.1 Å². The number of ether oxygens (including phenoxy) is 1. The molecule has 0 atom stereocenters. The van der Waals surface area contributed by atoms with Crippen LogP contribution >= 0.6 is 11.3 Å². The van der Waals surface area contributed by atoms with E-state index in [0.29, 0.717) is 26.1 Å². The van der Waals surface area contributed by atoms with Crippen LogP contribution in [-0.4, -0.2) is 55.3 Å². The van der Waals surface area contributed by atoms with E-state index >= 15 is 0 Å². The summed E-state index contributed by atoms with van der Waals surface area (Å²) in [5, 5.41) is 12.9. The molecular formula is C25H29N3O6S2. The van der Waals surface area contributed by atoms with E-state index < -0.39 is 14.9 Å². The van der Waals surface area contributed by atoms with Crippen LogP contribution in [-0.2, 0) is 32.6 Å². The molecule has 0 bridgehead atoms. The molecule has 0 aliphatic rings. The zero-order valence-corrected chi connectivity index (χ0v) is 21.8. The van der Waals surface area contributed by atoms with Gasteiger partial charge in [0, 0.05) is 43.8 Å². The summed E-state index contributed by atoms with van der Waals surface area (Å²) >= 11 is 1.55. The van der Waals surface area contributed by atoms with Crippen molar-refractivity contribution >= 4 is 33.0 Å². The van der Waals surface area contributed by atoms with Gasteiger partial charge < -0.3 is 9.64 Å². The minimum atomic E-state index is -4.09. The summed E-state index contributed by atoms with van der Waals surface area (Å²) in [4.78, 5) is 26.5. The monoisotopic (exact) mass is 531 g/mol. The van der Waals surface area contributed by atoms with Crippen molar-refractivity contribution in [3.8, 4) is 0 Å². The van der Waals surface area contributed by atoms with Gasteiger partial charge >= 0.3 is 0 Å². The molecule has 1 aromatic heterocycles. The number of non-ortho nitro benzene ring substituents is 1. The SMILES string of the molecule is COCCCN(CC(=O)N(Cc1ccccc1)Cc1sccc1C)S(=O)(=O)c1ccc([N+](=O)[O-])cc1. The highest BCUT2D eigenvalue weighted by Crippen LogP contribution is 2.22. The number of nitro groups is 1. The minimum absolute atomic E-state index is 0.0656. The number of methoxy groups -OCH3 is 1. The first-order valence-corrected chi connectivity index (χ1v) is 13.6. The molecule has 3 rings (SSSR count). The predicted molar refractivity (Wildman–Crippen MR) is 138 cm³/mol. The van der Waals surface area contributed by atoms with E-state index in [1.165, 1.54) is 19.2 Å². The number of carbonyl (C=O) groups excluding carboxylic acids is 1. The molecule has 0 saturated carbocycles. The van der Waals surface area contributed by atoms with Crippen LogP contribution in [0, 0.1) is 17.0 Å². The highest BCUT2D eigenvalue weighted by Gasteiger charge is 2.29. The van der Waals surface area contributed by atoms with Crippen molar-refractivity contribution in [1.29, 1.82) is 0 Å². The van der Waals surface area contributed by atoms with Gasteiger partial charge in [0.15, 0.2) is 0 Å². The van der Waals surface area contributed by atoms with E-state index in [1.54, 1.807) is 16.2 Å². The van der Waals surface area contributed by atoms with E-state index in [9.17, 15) is 23.3 Å². The normalized spacial score (nSPS) is 11.5. The maximum Gasteiger partial charge on any atom is 0.269 e. The predicted octanol–water partition coefficient (Wildman–Crippen LogP) is 4.22. The Balaban J connectivity index is 1.87. The lowest BCUT2D eigenvalue weighted by atomic mass is 10.2. The van der Waals surface area contributed by atoms with E-state index in [0.717, 1.165) is 32.4 Å². The van der Waals surface area contributed by atoms with Crippen LogP contribution in [0.2, 0.25) is 0 Å². The minimum Gasteiger partial charge on any atom is -0.385 e. The van der Waals surface area contributed by atoms with Gasteiger partial charge in [0.25, 0.3) is 5.69 Å². The summed E-state index contributed by atoms with van der Waals surface area (Å²) in [6, 6.07) is 16.2. The van der Waals surface area contributed by atoms with Gasteiger partial charge in [-0.3, -0.25) is 14.9 Å². The average molecular weight is 532 g/mol. The molecule has 1 amide bonds. The number of aryl methyl sites for hydroxylation is 1. The van der Waals surface area contributed by atoms with E-state index in [2.05, 4.69) is 0 Å². The van der Waals surface area contributed by atoms with Crippen molar-refractivity contribution in [3.63, 3.8) is 0 Å². The highest BCUT2D eigenvalue weighted by molar-refractivity contribution is 7.89. The molecule has 2 aromatic carbocycles. The molecule has 0 aliphatic heterocycles. The number of nitro benzene ring substituents is 1. The summed E-state index contributed by atoms with van der Waals surface area (Å²) in [5.74, 6) is -0.338. The summed E-state index contributed by atoms with van der Waals surface area (Å²) in [6.45, 7) is 2.70. The lowest BCUT2D eigenvalue weighted by molar-refractivity contribution is -0.384. The van der Waals surface area contributed by atoms with Crippen molar-refractivity contribution in [2.24, 2.45) is 0 Å². The van der Waals surface area contributed by atoms with Crippen molar-refractivity contribution in [1.82, 2.24) is 9.21 Å². The maximum absolute atomic E-state index is 13.6. The molecular weight excluding hydrogens is 502 g/mol. The second-order valence-electron chi connectivity index (χ2n) is 8.20. The van der Waals surface area contributed by atoms with Gasteiger partial charge in [-0.2, -0.15) is 4.31 Å². The molecule has 36 heavy (non-hydrogen) atoms. The number of rotatable bonds is 13. The fraction of sp³-hybridized carbons (Fsp3) is 0.320. The van der Waals surface area contributed by atoms with E-state index in [-0.39, 0.29) is 29.6 Å². The smallest absolute Gasteiger partial charge is 0.269 e. The fourth-order valence-electron chi connectivity index (χ4n) is 3.58. The van der Waals surface area contributed by atoms with Crippen LogP contribution < -0.4 is 0 Å². The van der Waals surface area contributed by atoms with Crippen LogP contribution in [0.25, 0.3) is 0 Å². The zero-order chi connectivity index (χ0) is 26.1. The molecule has 3 aromatic rings. The number of carbonyl (C=O) groups is 1. The standard InChI is InChI=1S/C25H29N3O6S2/c1-20-13-16-35-24(20)18-26(17-21-7-4-3-5-8-21)25(29)19-27(14-6-15-34-2)36(32,33)23-11-9-22(10-12-23)28(30)31/h3-5,7-13,16H,6,14-15,17-19H2,1-2H3.